The lowest BCUT2D eigenvalue weighted by molar-refractivity contribution is -0.00906. The number of hydrogen-bond acceptors (Lipinski definition) is 2. The summed E-state index contributed by atoms with van der Waals surface area (Å²) in [4.78, 5) is 0. The van der Waals surface area contributed by atoms with Crippen LogP contribution in [0.25, 0.3) is 0 Å². The molecular weight excluding hydrogens is 181 g/mol. The Labute approximate surface area is 82.8 Å². The zero-order chi connectivity index (χ0) is 10.2. The van der Waals surface area contributed by atoms with Gasteiger partial charge in [0.1, 0.15) is 5.82 Å². The first-order valence-electron chi connectivity index (χ1n) is 4.77. The zero-order valence-corrected chi connectivity index (χ0v) is 8.18. The summed E-state index contributed by atoms with van der Waals surface area (Å²) in [6.45, 7) is 3.06. The fraction of sp³-hybridized carbons (Fsp3) is 0.455. The molecule has 0 bridgehead atoms. The maximum Gasteiger partial charge on any atom is 0.123 e. The van der Waals surface area contributed by atoms with Crippen LogP contribution < -0.4 is 5.32 Å². The predicted octanol–water partition coefficient (Wildman–Crippen LogP) is 1.01. The molecule has 0 atom stereocenters. The first-order chi connectivity index (χ1) is 6.57. The topological polar surface area (TPSA) is 32.3 Å². The van der Waals surface area contributed by atoms with Crippen molar-refractivity contribution >= 4 is 0 Å². The van der Waals surface area contributed by atoms with Gasteiger partial charge in [-0.2, -0.15) is 0 Å². The van der Waals surface area contributed by atoms with Gasteiger partial charge in [-0.15, -0.1) is 0 Å². The van der Waals surface area contributed by atoms with E-state index in [-0.39, 0.29) is 5.82 Å². The molecule has 1 aliphatic heterocycles. The van der Waals surface area contributed by atoms with Gasteiger partial charge in [-0.05, 0) is 30.2 Å². The highest BCUT2D eigenvalue weighted by Gasteiger charge is 2.34. The lowest BCUT2D eigenvalue weighted by atomic mass is 9.89. The number of aliphatic hydroxyl groups is 1. The molecule has 0 aliphatic carbocycles. The SMILES string of the molecule is Cc1cc(F)cc(CC2(O)CNC2)c1. The van der Waals surface area contributed by atoms with Gasteiger partial charge in [0, 0.05) is 19.5 Å². The van der Waals surface area contributed by atoms with Crippen LogP contribution in [0, 0.1) is 12.7 Å². The average Bonchev–Trinajstić information content (AvgIpc) is 1.99. The molecule has 1 saturated heterocycles. The number of hydrogen-bond donors (Lipinski definition) is 2. The third-order valence-corrected chi connectivity index (χ3v) is 2.54. The second-order valence-electron chi connectivity index (χ2n) is 4.14. The standard InChI is InChI=1S/C11H14FNO/c1-8-2-9(4-10(12)3-8)5-11(14)6-13-7-11/h2-4,13-14H,5-7H2,1H3. The van der Waals surface area contributed by atoms with Gasteiger partial charge >= 0.3 is 0 Å². The minimum absolute atomic E-state index is 0.226. The molecule has 0 amide bonds. The van der Waals surface area contributed by atoms with Crippen molar-refractivity contribution < 1.29 is 9.50 Å². The van der Waals surface area contributed by atoms with E-state index in [2.05, 4.69) is 5.32 Å². The van der Waals surface area contributed by atoms with Crippen LogP contribution in [0.1, 0.15) is 11.1 Å². The number of halogens is 1. The molecule has 0 unspecified atom stereocenters. The van der Waals surface area contributed by atoms with Crippen molar-refractivity contribution in [1.29, 1.82) is 0 Å². The molecule has 14 heavy (non-hydrogen) atoms. The van der Waals surface area contributed by atoms with Crippen molar-refractivity contribution in [3.8, 4) is 0 Å². The summed E-state index contributed by atoms with van der Waals surface area (Å²) in [5.41, 5.74) is 1.10. The fourth-order valence-corrected chi connectivity index (χ4v) is 1.83. The number of benzene rings is 1. The molecular formula is C11H14FNO. The third kappa shape index (κ3) is 1.94. The summed E-state index contributed by atoms with van der Waals surface area (Å²) in [5.74, 6) is -0.226. The minimum atomic E-state index is -0.666. The number of aryl methyl sites for hydroxylation is 1. The van der Waals surface area contributed by atoms with E-state index in [0.29, 0.717) is 19.5 Å². The Morgan fingerprint density at radius 1 is 1.43 bits per heavy atom. The van der Waals surface area contributed by atoms with Gasteiger partial charge in [0.15, 0.2) is 0 Å². The largest absolute Gasteiger partial charge is 0.387 e. The molecule has 0 radical (unpaired) electrons. The Hall–Kier alpha value is -0.930. The quantitative estimate of drug-likeness (QED) is 0.738. The summed E-state index contributed by atoms with van der Waals surface area (Å²) < 4.78 is 13.0. The normalized spacial score (nSPS) is 19.1. The molecule has 1 heterocycles. The molecule has 1 aliphatic rings. The Balaban J connectivity index is 2.16. The summed E-state index contributed by atoms with van der Waals surface area (Å²) >= 11 is 0. The molecule has 0 spiro atoms. The second kappa shape index (κ2) is 3.33. The molecule has 0 saturated carbocycles. The van der Waals surface area contributed by atoms with Crippen LogP contribution in [0.3, 0.4) is 0 Å². The average molecular weight is 195 g/mol. The van der Waals surface area contributed by atoms with Crippen LogP contribution >= 0.6 is 0 Å². The fourth-order valence-electron chi connectivity index (χ4n) is 1.83. The van der Waals surface area contributed by atoms with Crippen molar-refractivity contribution in [3.63, 3.8) is 0 Å². The van der Waals surface area contributed by atoms with Crippen molar-refractivity contribution in [2.75, 3.05) is 13.1 Å². The summed E-state index contributed by atoms with van der Waals surface area (Å²) in [6, 6.07) is 4.90. The maximum absolute atomic E-state index is 13.0. The molecule has 2 nitrogen and oxygen atoms in total. The first kappa shape index (κ1) is 9.62. The van der Waals surface area contributed by atoms with Crippen molar-refractivity contribution in [2.24, 2.45) is 0 Å². The van der Waals surface area contributed by atoms with E-state index in [9.17, 15) is 9.50 Å². The van der Waals surface area contributed by atoms with Crippen LogP contribution in [0.2, 0.25) is 0 Å². The van der Waals surface area contributed by atoms with E-state index in [4.69, 9.17) is 0 Å². The van der Waals surface area contributed by atoms with Gasteiger partial charge in [-0.3, -0.25) is 0 Å². The first-order valence-corrected chi connectivity index (χ1v) is 4.77. The highest BCUT2D eigenvalue weighted by atomic mass is 19.1. The maximum atomic E-state index is 13.0. The van der Waals surface area contributed by atoms with Gasteiger partial charge < -0.3 is 10.4 Å². The van der Waals surface area contributed by atoms with Gasteiger partial charge in [0.05, 0.1) is 5.60 Å². The van der Waals surface area contributed by atoms with E-state index < -0.39 is 5.60 Å². The lowest BCUT2D eigenvalue weighted by Gasteiger charge is -2.37. The van der Waals surface area contributed by atoms with E-state index in [0.717, 1.165) is 11.1 Å². The molecule has 1 aromatic rings. The number of nitrogens with one attached hydrogen (secondary N) is 1. The van der Waals surface area contributed by atoms with E-state index in [1.165, 1.54) is 12.1 Å². The summed E-state index contributed by atoms with van der Waals surface area (Å²) in [7, 11) is 0. The van der Waals surface area contributed by atoms with Gasteiger partial charge in [0.2, 0.25) is 0 Å². The molecule has 3 heteroatoms. The van der Waals surface area contributed by atoms with Gasteiger partial charge in [0.25, 0.3) is 0 Å². The van der Waals surface area contributed by atoms with Crippen LogP contribution in [0.15, 0.2) is 18.2 Å². The number of β-amino-alcohol motifs (C(OH)–C–C–N with tert-alkyl or cyclic N) is 1. The van der Waals surface area contributed by atoms with E-state index in [1.807, 2.05) is 13.0 Å². The van der Waals surface area contributed by atoms with E-state index >= 15 is 0 Å². The monoisotopic (exact) mass is 195 g/mol. The van der Waals surface area contributed by atoms with Crippen LogP contribution in [0.4, 0.5) is 4.39 Å². The predicted molar refractivity (Wildman–Crippen MR) is 52.7 cm³/mol. The second-order valence-corrected chi connectivity index (χ2v) is 4.14. The van der Waals surface area contributed by atoms with Crippen molar-refractivity contribution in [1.82, 2.24) is 5.32 Å². The Morgan fingerprint density at radius 2 is 2.14 bits per heavy atom. The zero-order valence-electron chi connectivity index (χ0n) is 8.18. The molecule has 2 rings (SSSR count). The number of rotatable bonds is 2. The molecule has 1 aromatic carbocycles. The highest BCUT2D eigenvalue weighted by molar-refractivity contribution is 5.25. The third-order valence-electron chi connectivity index (χ3n) is 2.54. The molecule has 1 fully saturated rings. The van der Waals surface area contributed by atoms with Crippen LogP contribution in [-0.2, 0) is 6.42 Å². The van der Waals surface area contributed by atoms with Crippen molar-refractivity contribution in [2.45, 2.75) is 18.9 Å². The van der Waals surface area contributed by atoms with Crippen LogP contribution in [-0.4, -0.2) is 23.8 Å². The Morgan fingerprint density at radius 3 is 2.64 bits per heavy atom. The van der Waals surface area contributed by atoms with Crippen molar-refractivity contribution in [3.05, 3.63) is 35.1 Å². The lowest BCUT2D eigenvalue weighted by Crippen LogP contribution is -2.60. The van der Waals surface area contributed by atoms with E-state index in [1.54, 1.807) is 0 Å². The molecule has 0 aromatic heterocycles. The highest BCUT2D eigenvalue weighted by Crippen LogP contribution is 2.19. The Kier molecular flexibility index (Phi) is 2.29. The van der Waals surface area contributed by atoms with Gasteiger partial charge in [-0.1, -0.05) is 6.07 Å². The molecule has 76 valence electrons. The van der Waals surface area contributed by atoms with Gasteiger partial charge in [-0.25, -0.2) is 4.39 Å². The molecule has 2 N–H and O–H groups in total. The summed E-state index contributed by atoms with van der Waals surface area (Å²) in [5, 5.41) is 12.9. The summed E-state index contributed by atoms with van der Waals surface area (Å²) in [6.07, 6.45) is 0.526. The Bertz CT molecular complexity index is 327. The minimum Gasteiger partial charge on any atom is -0.387 e. The van der Waals surface area contributed by atoms with Crippen LogP contribution in [0.5, 0.6) is 0 Å². The smallest absolute Gasteiger partial charge is 0.123 e.